The Morgan fingerprint density at radius 1 is 1.19 bits per heavy atom. The lowest BCUT2D eigenvalue weighted by Crippen LogP contribution is -2.34. The van der Waals surface area contributed by atoms with Crippen LogP contribution < -0.4 is 15.5 Å². The molecule has 0 radical (unpaired) electrons. The number of hydrogen-bond donors (Lipinski definition) is 2. The average molecular weight is 390 g/mol. The van der Waals surface area contributed by atoms with Crippen molar-refractivity contribution in [3.63, 3.8) is 0 Å². The van der Waals surface area contributed by atoms with Crippen molar-refractivity contribution in [2.45, 2.75) is 19.3 Å². The number of thiocarbonyl (C=S) groups is 1. The number of hydrogen-bond acceptors (Lipinski definition) is 4. The zero-order chi connectivity index (χ0) is 18.4. The SMILES string of the molecule is O=C(C=Cc1ccco1)NC(=S)Nc1cccc(Cl)c1N1CCCCC1. The molecule has 0 atom stereocenters. The number of carbonyl (C=O) groups is 1. The van der Waals surface area contributed by atoms with E-state index in [9.17, 15) is 4.79 Å². The first-order chi connectivity index (χ1) is 12.6. The minimum Gasteiger partial charge on any atom is -0.465 e. The molecule has 7 heteroatoms. The fourth-order valence-corrected chi connectivity index (χ4v) is 3.41. The molecule has 0 unspecified atom stereocenters. The summed E-state index contributed by atoms with van der Waals surface area (Å²) in [5, 5.41) is 6.61. The van der Waals surface area contributed by atoms with Gasteiger partial charge in [0.25, 0.3) is 0 Å². The number of rotatable bonds is 4. The Balaban J connectivity index is 1.65. The lowest BCUT2D eigenvalue weighted by molar-refractivity contribution is -0.115. The van der Waals surface area contributed by atoms with Gasteiger partial charge in [0.2, 0.25) is 5.91 Å². The molecule has 2 N–H and O–H groups in total. The summed E-state index contributed by atoms with van der Waals surface area (Å²) in [5.74, 6) is 0.265. The lowest BCUT2D eigenvalue weighted by Gasteiger charge is -2.31. The van der Waals surface area contributed by atoms with Gasteiger partial charge in [0, 0.05) is 19.2 Å². The maximum Gasteiger partial charge on any atom is 0.250 e. The van der Waals surface area contributed by atoms with Crippen LogP contribution in [0.15, 0.2) is 47.1 Å². The number of furan rings is 1. The fourth-order valence-electron chi connectivity index (χ4n) is 2.91. The van der Waals surface area contributed by atoms with Crippen molar-refractivity contribution in [1.29, 1.82) is 0 Å². The first kappa shape index (κ1) is 18.5. The molecule has 1 amide bonds. The topological polar surface area (TPSA) is 57.5 Å². The monoisotopic (exact) mass is 389 g/mol. The zero-order valence-corrected chi connectivity index (χ0v) is 15.8. The van der Waals surface area contributed by atoms with Gasteiger partial charge in [-0.25, -0.2) is 0 Å². The van der Waals surface area contributed by atoms with Crippen molar-refractivity contribution >= 4 is 52.3 Å². The van der Waals surface area contributed by atoms with Gasteiger partial charge in [0.05, 0.1) is 22.7 Å². The van der Waals surface area contributed by atoms with E-state index in [1.165, 1.54) is 12.5 Å². The van der Waals surface area contributed by atoms with Crippen LogP contribution in [0.1, 0.15) is 25.0 Å². The van der Waals surface area contributed by atoms with Gasteiger partial charge in [-0.2, -0.15) is 0 Å². The van der Waals surface area contributed by atoms with Crippen LogP contribution in [0.3, 0.4) is 0 Å². The quantitative estimate of drug-likeness (QED) is 0.597. The summed E-state index contributed by atoms with van der Waals surface area (Å²) in [6.07, 6.45) is 8.02. The highest BCUT2D eigenvalue weighted by Gasteiger charge is 2.18. The molecule has 0 aliphatic carbocycles. The Morgan fingerprint density at radius 3 is 2.73 bits per heavy atom. The second-order valence-electron chi connectivity index (χ2n) is 5.98. The predicted octanol–water partition coefficient (Wildman–Crippen LogP) is 4.45. The van der Waals surface area contributed by atoms with Crippen molar-refractivity contribution in [1.82, 2.24) is 5.32 Å². The molecule has 1 saturated heterocycles. The lowest BCUT2D eigenvalue weighted by atomic mass is 10.1. The van der Waals surface area contributed by atoms with E-state index in [0.717, 1.165) is 37.3 Å². The van der Waals surface area contributed by atoms with Crippen molar-refractivity contribution in [3.8, 4) is 0 Å². The van der Waals surface area contributed by atoms with Gasteiger partial charge in [-0.05, 0) is 61.8 Å². The summed E-state index contributed by atoms with van der Waals surface area (Å²) in [7, 11) is 0. The molecule has 1 aromatic heterocycles. The highest BCUT2D eigenvalue weighted by atomic mass is 35.5. The van der Waals surface area contributed by atoms with E-state index in [1.54, 1.807) is 24.5 Å². The van der Waals surface area contributed by atoms with Crippen LogP contribution in [0, 0.1) is 0 Å². The van der Waals surface area contributed by atoms with E-state index in [1.807, 2.05) is 18.2 Å². The first-order valence-electron chi connectivity index (χ1n) is 8.50. The van der Waals surface area contributed by atoms with E-state index in [2.05, 4.69) is 15.5 Å². The van der Waals surface area contributed by atoms with E-state index in [-0.39, 0.29) is 11.0 Å². The Hall–Kier alpha value is -2.31. The summed E-state index contributed by atoms with van der Waals surface area (Å²) in [6.45, 7) is 1.92. The summed E-state index contributed by atoms with van der Waals surface area (Å²) >= 11 is 11.7. The standard InChI is InChI=1S/C19H20ClN3O2S/c20-15-7-4-8-16(18(15)23-11-2-1-3-12-23)21-19(26)22-17(24)10-9-14-6-5-13-25-14/h4-10,13H,1-3,11-12H2,(H2,21,22,24,26). The number of piperidine rings is 1. The maximum atomic E-state index is 12.0. The fraction of sp³-hybridized carbons (Fsp3) is 0.263. The van der Waals surface area contributed by atoms with Gasteiger partial charge >= 0.3 is 0 Å². The minimum absolute atomic E-state index is 0.222. The molecule has 0 saturated carbocycles. The number of anilines is 2. The van der Waals surface area contributed by atoms with E-state index in [0.29, 0.717) is 10.8 Å². The molecule has 2 aromatic rings. The Labute approximate surface area is 163 Å². The summed E-state index contributed by atoms with van der Waals surface area (Å²) in [5.41, 5.74) is 1.72. The number of benzene rings is 1. The number of halogens is 1. The van der Waals surface area contributed by atoms with Gasteiger partial charge in [-0.1, -0.05) is 17.7 Å². The van der Waals surface area contributed by atoms with E-state index >= 15 is 0 Å². The van der Waals surface area contributed by atoms with Crippen molar-refractivity contribution < 1.29 is 9.21 Å². The van der Waals surface area contributed by atoms with E-state index < -0.39 is 0 Å². The molecule has 1 fully saturated rings. The second-order valence-corrected chi connectivity index (χ2v) is 6.79. The molecule has 1 aliphatic rings. The molecule has 3 rings (SSSR count). The zero-order valence-electron chi connectivity index (χ0n) is 14.2. The van der Waals surface area contributed by atoms with Crippen LogP contribution in [0.2, 0.25) is 5.02 Å². The number of nitrogens with one attached hydrogen (secondary N) is 2. The Bertz CT molecular complexity index is 799. The molecular formula is C19H20ClN3O2S. The third-order valence-electron chi connectivity index (χ3n) is 4.09. The third-order valence-corrected chi connectivity index (χ3v) is 4.60. The maximum absolute atomic E-state index is 12.0. The molecule has 26 heavy (non-hydrogen) atoms. The predicted molar refractivity (Wildman–Crippen MR) is 110 cm³/mol. The second kappa shape index (κ2) is 8.87. The highest BCUT2D eigenvalue weighted by molar-refractivity contribution is 7.80. The summed E-state index contributed by atoms with van der Waals surface area (Å²) < 4.78 is 5.15. The number of nitrogens with zero attached hydrogens (tertiary/aromatic N) is 1. The molecule has 5 nitrogen and oxygen atoms in total. The Morgan fingerprint density at radius 2 is 2.00 bits per heavy atom. The number of para-hydroxylation sites is 1. The summed E-state index contributed by atoms with van der Waals surface area (Å²) in [6, 6.07) is 9.15. The first-order valence-corrected chi connectivity index (χ1v) is 9.29. The molecule has 136 valence electrons. The van der Waals surface area contributed by atoms with Gasteiger partial charge in [-0.15, -0.1) is 0 Å². The molecule has 1 aromatic carbocycles. The largest absolute Gasteiger partial charge is 0.465 e. The summed E-state index contributed by atoms with van der Waals surface area (Å²) in [4.78, 5) is 14.2. The van der Waals surface area contributed by atoms with Crippen molar-refractivity contribution in [3.05, 3.63) is 53.5 Å². The molecular weight excluding hydrogens is 370 g/mol. The van der Waals surface area contributed by atoms with Crippen molar-refractivity contribution in [2.75, 3.05) is 23.3 Å². The molecule has 0 spiro atoms. The molecule has 1 aliphatic heterocycles. The van der Waals surface area contributed by atoms with Crippen LogP contribution in [-0.2, 0) is 4.79 Å². The van der Waals surface area contributed by atoms with Gasteiger partial charge in [-0.3, -0.25) is 10.1 Å². The third kappa shape index (κ3) is 4.86. The van der Waals surface area contributed by atoms with Crippen LogP contribution in [-0.4, -0.2) is 24.1 Å². The smallest absolute Gasteiger partial charge is 0.250 e. The Kier molecular flexibility index (Phi) is 6.30. The highest BCUT2D eigenvalue weighted by Crippen LogP contribution is 2.35. The number of carbonyl (C=O) groups excluding carboxylic acids is 1. The van der Waals surface area contributed by atoms with Gasteiger partial charge in [0.1, 0.15) is 5.76 Å². The van der Waals surface area contributed by atoms with Crippen LogP contribution in [0.25, 0.3) is 6.08 Å². The van der Waals surface area contributed by atoms with Crippen LogP contribution in [0.4, 0.5) is 11.4 Å². The van der Waals surface area contributed by atoms with Gasteiger partial charge in [0.15, 0.2) is 5.11 Å². The van der Waals surface area contributed by atoms with Crippen LogP contribution >= 0.6 is 23.8 Å². The van der Waals surface area contributed by atoms with Gasteiger partial charge < -0.3 is 14.6 Å². The van der Waals surface area contributed by atoms with Crippen molar-refractivity contribution in [2.24, 2.45) is 0 Å². The molecule has 2 heterocycles. The number of amides is 1. The van der Waals surface area contributed by atoms with Crippen LogP contribution in [0.5, 0.6) is 0 Å². The van der Waals surface area contributed by atoms with E-state index in [4.69, 9.17) is 28.2 Å². The normalized spacial score (nSPS) is 14.4. The average Bonchev–Trinajstić information content (AvgIpc) is 3.14. The minimum atomic E-state index is -0.333. The molecule has 0 bridgehead atoms.